The number of carbonyl (C=O) groups is 1. The van der Waals surface area contributed by atoms with E-state index in [0.29, 0.717) is 12.3 Å². The van der Waals surface area contributed by atoms with Crippen molar-refractivity contribution in [3.8, 4) is 0 Å². The van der Waals surface area contributed by atoms with Gasteiger partial charge in [0.15, 0.2) is 5.76 Å². The third-order valence-corrected chi connectivity index (χ3v) is 4.19. The summed E-state index contributed by atoms with van der Waals surface area (Å²) in [5.41, 5.74) is 3.04. The van der Waals surface area contributed by atoms with Gasteiger partial charge in [0.05, 0.1) is 24.4 Å². The zero-order valence-corrected chi connectivity index (χ0v) is 14.8. The van der Waals surface area contributed by atoms with E-state index in [9.17, 15) is 14.9 Å². The minimum Gasteiger partial charge on any atom is -0.493 e. The van der Waals surface area contributed by atoms with E-state index in [-0.39, 0.29) is 11.5 Å². The first-order valence-electron chi connectivity index (χ1n) is 8.40. The molecule has 6 nitrogen and oxygen atoms in total. The molecule has 0 spiro atoms. The SMILES string of the molecule is COC1=CC(=CC=C2C=C[NH+](Cc3ccc([N+](=O)[O-])cc3)C=C2)C=CC1=O. The lowest BCUT2D eigenvalue weighted by molar-refractivity contribution is -0.806. The fourth-order valence-electron chi connectivity index (χ4n) is 2.70. The maximum Gasteiger partial charge on any atom is 0.269 e. The number of nitrogens with one attached hydrogen (secondary N) is 1. The van der Waals surface area contributed by atoms with Crippen LogP contribution in [0.2, 0.25) is 0 Å². The molecule has 1 heterocycles. The molecule has 3 rings (SSSR count). The number of nitro groups is 1. The maximum atomic E-state index is 11.5. The van der Waals surface area contributed by atoms with Crippen molar-refractivity contribution in [2.75, 3.05) is 7.11 Å². The van der Waals surface area contributed by atoms with Crippen LogP contribution in [-0.4, -0.2) is 17.8 Å². The Morgan fingerprint density at radius 1 is 1.04 bits per heavy atom. The number of rotatable bonds is 5. The number of ketones is 1. The molecule has 2 aliphatic rings. The molecule has 0 fully saturated rings. The Morgan fingerprint density at radius 3 is 2.33 bits per heavy atom. The number of hydrogen-bond donors (Lipinski definition) is 1. The molecule has 1 aromatic carbocycles. The molecular formula is C21H19N2O4+. The van der Waals surface area contributed by atoms with Crippen LogP contribution in [0.3, 0.4) is 0 Å². The summed E-state index contributed by atoms with van der Waals surface area (Å²) in [6.07, 6.45) is 16.9. The largest absolute Gasteiger partial charge is 0.493 e. The van der Waals surface area contributed by atoms with Crippen LogP contribution in [0, 0.1) is 10.1 Å². The number of hydrogen-bond acceptors (Lipinski definition) is 4. The first-order chi connectivity index (χ1) is 13.0. The second-order valence-corrected chi connectivity index (χ2v) is 6.09. The van der Waals surface area contributed by atoms with E-state index in [1.54, 1.807) is 24.3 Å². The van der Waals surface area contributed by atoms with Gasteiger partial charge in [-0.05, 0) is 47.6 Å². The highest BCUT2D eigenvalue weighted by Crippen LogP contribution is 2.15. The fraction of sp³-hybridized carbons (Fsp3) is 0.0952. The van der Waals surface area contributed by atoms with Gasteiger partial charge in [0.25, 0.3) is 5.69 Å². The number of methoxy groups -OCH3 is 1. The predicted octanol–water partition coefficient (Wildman–Crippen LogP) is 2.54. The molecule has 0 unspecified atom stereocenters. The average molecular weight is 363 g/mol. The van der Waals surface area contributed by atoms with Crippen LogP contribution in [-0.2, 0) is 16.1 Å². The first-order valence-corrected chi connectivity index (χ1v) is 8.40. The van der Waals surface area contributed by atoms with Gasteiger partial charge in [-0.1, -0.05) is 18.2 Å². The lowest BCUT2D eigenvalue weighted by Crippen LogP contribution is -3.01. The van der Waals surface area contributed by atoms with Gasteiger partial charge in [-0.3, -0.25) is 19.8 Å². The van der Waals surface area contributed by atoms with Crippen LogP contribution < -0.4 is 4.90 Å². The van der Waals surface area contributed by atoms with Crippen molar-refractivity contribution in [3.63, 3.8) is 0 Å². The molecule has 0 atom stereocenters. The summed E-state index contributed by atoms with van der Waals surface area (Å²) in [5.74, 6) is 0.195. The van der Waals surface area contributed by atoms with Crippen molar-refractivity contribution < 1.29 is 19.4 Å². The summed E-state index contributed by atoms with van der Waals surface area (Å²) < 4.78 is 5.05. The molecule has 1 N–H and O–H groups in total. The minimum absolute atomic E-state index is 0.0980. The summed E-state index contributed by atoms with van der Waals surface area (Å²) in [6, 6.07) is 6.60. The van der Waals surface area contributed by atoms with Crippen molar-refractivity contribution in [1.82, 2.24) is 0 Å². The zero-order valence-electron chi connectivity index (χ0n) is 14.8. The molecule has 0 radical (unpaired) electrons. The Kier molecular flexibility index (Phi) is 5.58. The number of ether oxygens (including phenoxy) is 1. The second kappa shape index (κ2) is 8.25. The molecule has 1 aromatic rings. The fourth-order valence-corrected chi connectivity index (χ4v) is 2.70. The Labute approximate surface area is 156 Å². The summed E-state index contributed by atoms with van der Waals surface area (Å²) in [5, 5.41) is 10.7. The third-order valence-electron chi connectivity index (χ3n) is 4.19. The van der Waals surface area contributed by atoms with E-state index in [1.165, 1.54) is 25.3 Å². The standard InChI is InChI=1S/C21H18N2O4/c1-27-21-14-17(6-9-20(21)24)3-2-16-10-12-22(13-11-16)15-18-4-7-19(8-5-18)23(25)26/h2-14H,15H2,1H3/p+1. The minimum atomic E-state index is -0.398. The lowest BCUT2D eigenvalue weighted by atomic mass is 10.1. The molecule has 1 aliphatic heterocycles. The van der Waals surface area contributed by atoms with Crippen LogP contribution in [0.5, 0.6) is 0 Å². The van der Waals surface area contributed by atoms with Crippen molar-refractivity contribution in [3.05, 3.63) is 112 Å². The number of quaternary nitrogens is 1. The highest BCUT2D eigenvalue weighted by molar-refractivity contribution is 6.04. The van der Waals surface area contributed by atoms with Gasteiger partial charge in [0.1, 0.15) is 6.54 Å². The summed E-state index contributed by atoms with van der Waals surface area (Å²) in [4.78, 5) is 23.0. The highest BCUT2D eigenvalue weighted by Gasteiger charge is 2.11. The Hall–Kier alpha value is -3.51. The number of nitro benzene ring substituents is 1. The van der Waals surface area contributed by atoms with E-state index in [0.717, 1.165) is 21.6 Å². The molecule has 0 saturated heterocycles. The molecule has 0 aromatic heterocycles. The van der Waals surface area contributed by atoms with Crippen LogP contribution in [0.1, 0.15) is 5.56 Å². The molecule has 0 saturated carbocycles. The van der Waals surface area contributed by atoms with E-state index in [4.69, 9.17) is 4.74 Å². The van der Waals surface area contributed by atoms with E-state index in [1.807, 2.05) is 36.7 Å². The van der Waals surface area contributed by atoms with Crippen molar-refractivity contribution in [2.45, 2.75) is 6.54 Å². The van der Waals surface area contributed by atoms with E-state index >= 15 is 0 Å². The predicted molar refractivity (Wildman–Crippen MR) is 101 cm³/mol. The van der Waals surface area contributed by atoms with Gasteiger partial charge in [0.2, 0.25) is 5.78 Å². The van der Waals surface area contributed by atoms with Gasteiger partial charge >= 0.3 is 0 Å². The van der Waals surface area contributed by atoms with Gasteiger partial charge in [-0.2, -0.15) is 0 Å². The van der Waals surface area contributed by atoms with Crippen molar-refractivity contribution in [1.29, 1.82) is 0 Å². The number of carbonyl (C=O) groups excluding carboxylic acids is 1. The van der Waals surface area contributed by atoms with E-state index < -0.39 is 4.92 Å². The van der Waals surface area contributed by atoms with Crippen LogP contribution >= 0.6 is 0 Å². The molecule has 27 heavy (non-hydrogen) atoms. The van der Waals surface area contributed by atoms with Crippen LogP contribution in [0.15, 0.2) is 96.1 Å². The third kappa shape index (κ3) is 4.77. The molecule has 1 aliphatic carbocycles. The molecule has 136 valence electrons. The van der Waals surface area contributed by atoms with Gasteiger partial charge in [-0.15, -0.1) is 0 Å². The highest BCUT2D eigenvalue weighted by atomic mass is 16.6. The number of nitrogens with zero attached hydrogens (tertiary/aromatic N) is 1. The first kappa shape index (κ1) is 18.3. The monoisotopic (exact) mass is 363 g/mol. The van der Waals surface area contributed by atoms with E-state index in [2.05, 4.69) is 0 Å². The van der Waals surface area contributed by atoms with Gasteiger partial charge in [0, 0.05) is 17.7 Å². The topological polar surface area (TPSA) is 73.9 Å². The van der Waals surface area contributed by atoms with Crippen LogP contribution in [0.4, 0.5) is 5.69 Å². The maximum absolute atomic E-state index is 11.5. The van der Waals surface area contributed by atoms with Crippen LogP contribution in [0.25, 0.3) is 0 Å². The Morgan fingerprint density at radius 2 is 1.70 bits per heavy atom. The van der Waals surface area contributed by atoms with Gasteiger partial charge in [-0.25, -0.2) is 0 Å². The normalized spacial score (nSPS) is 20.0. The molecule has 6 heteroatoms. The summed E-state index contributed by atoms with van der Waals surface area (Å²) >= 11 is 0. The quantitative estimate of drug-likeness (QED) is 0.644. The molecule has 0 bridgehead atoms. The Balaban J connectivity index is 1.62. The second-order valence-electron chi connectivity index (χ2n) is 6.09. The average Bonchev–Trinajstić information content (AvgIpc) is 2.69. The Bertz CT molecular complexity index is 915. The zero-order chi connectivity index (χ0) is 19.2. The smallest absolute Gasteiger partial charge is 0.269 e. The number of allylic oxidation sites excluding steroid dienone is 9. The molecular weight excluding hydrogens is 344 g/mol. The number of non-ortho nitro benzene ring substituents is 1. The number of benzene rings is 1. The lowest BCUT2D eigenvalue weighted by Gasteiger charge is -2.13. The van der Waals surface area contributed by atoms with Crippen molar-refractivity contribution >= 4 is 11.5 Å². The summed E-state index contributed by atoms with van der Waals surface area (Å²) in [7, 11) is 1.48. The summed E-state index contributed by atoms with van der Waals surface area (Å²) in [6.45, 7) is 0.712. The van der Waals surface area contributed by atoms with Gasteiger partial charge < -0.3 is 4.74 Å². The molecule has 0 amide bonds. The van der Waals surface area contributed by atoms with Crippen molar-refractivity contribution in [2.24, 2.45) is 0 Å².